The third-order valence-corrected chi connectivity index (χ3v) is 15.2. The first-order valence-electron chi connectivity index (χ1n) is 22.9. The first-order valence-corrected chi connectivity index (χ1v) is 24.7. The highest BCUT2D eigenvalue weighted by Crippen LogP contribution is 2.43. The van der Waals surface area contributed by atoms with Crippen LogP contribution < -0.4 is 14.4 Å². The number of nitroso groups, excluding NO2 is 1. The van der Waals surface area contributed by atoms with Gasteiger partial charge in [0, 0.05) is 90.0 Å². The lowest BCUT2D eigenvalue weighted by molar-refractivity contribution is -0.429. The summed E-state index contributed by atoms with van der Waals surface area (Å²) >= 11 is 6.27. The fourth-order valence-electron chi connectivity index (χ4n) is 9.67. The molecule has 3 aliphatic heterocycles. The van der Waals surface area contributed by atoms with E-state index >= 15 is 0 Å². The lowest BCUT2D eigenvalue weighted by atomic mass is 9.72. The Morgan fingerprint density at radius 3 is 2.58 bits per heavy atom. The molecule has 4 aliphatic rings. The maximum absolute atomic E-state index is 14.3. The highest BCUT2D eigenvalue weighted by atomic mass is 35.5. The molecule has 0 saturated carbocycles. The summed E-state index contributed by atoms with van der Waals surface area (Å²) in [6.07, 6.45) is 6.41. The number of piperazine rings is 1. The second-order valence-electron chi connectivity index (χ2n) is 18.8. The minimum absolute atomic E-state index is 0.00356. The summed E-state index contributed by atoms with van der Waals surface area (Å²) in [4.78, 5) is 43.1. The molecule has 350 valence electrons. The number of benzene rings is 3. The van der Waals surface area contributed by atoms with Gasteiger partial charge >= 0.3 is 0 Å². The number of aromatic amines is 1. The van der Waals surface area contributed by atoms with E-state index in [4.69, 9.17) is 30.8 Å². The smallest absolute Gasteiger partial charge is 0.298 e. The fourth-order valence-corrected chi connectivity index (χ4v) is 10.8. The number of carbonyl (C=O) groups is 1. The van der Waals surface area contributed by atoms with E-state index in [-0.39, 0.29) is 40.0 Å². The van der Waals surface area contributed by atoms with Gasteiger partial charge in [-0.15, -0.1) is 0 Å². The molecule has 67 heavy (non-hydrogen) atoms. The first kappa shape index (κ1) is 45.1. The predicted molar refractivity (Wildman–Crippen MR) is 257 cm³/mol. The van der Waals surface area contributed by atoms with Gasteiger partial charge in [-0.05, 0) is 90.4 Å². The number of sulfonamides is 1. The number of pyridine rings is 1. The number of H-pyrrole nitrogens is 1. The number of morpholine rings is 1. The molecule has 6 heterocycles. The lowest BCUT2D eigenvalue weighted by Crippen LogP contribution is -2.56. The Morgan fingerprint density at radius 2 is 1.82 bits per heavy atom. The van der Waals surface area contributed by atoms with Gasteiger partial charge in [-0.3, -0.25) is 24.4 Å². The fraction of sp³-hybridized carbons (Fsp3) is 0.408. The topological polar surface area (TPSA) is 167 Å². The molecule has 6 aromatic rings. The SMILES string of the molecule is C[N+](=O)c1cc(S(=O)(=O)NC(=O)c2ccc(N3CCN(CC4=C(c5ccc(Cl)cc5)CC(C)(C)CC4)CC3)cc2-n2[nH]cc3nc4nccc4cc32)ccc1OC[C@@H]1CN(C2COC2)CCO1. The normalized spacial score (nSPS) is 19.8. The average molecular weight is 950 g/mol. The summed E-state index contributed by atoms with van der Waals surface area (Å²) in [5, 5.41) is 4.81. The maximum atomic E-state index is 14.3. The molecule has 16 nitrogen and oxygen atoms in total. The van der Waals surface area contributed by atoms with Gasteiger partial charge in [-0.2, -0.15) is 0 Å². The van der Waals surface area contributed by atoms with Crippen LogP contribution in [0.1, 0.15) is 49.0 Å². The maximum Gasteiger partial charge on any atom is 0.298 e. The third kappa shape index (κ3) is 9.58. The van der Waals surface area contributed by atoms with Crippen LogP contribution in [-0.2, 0) is 19.5 Å². The van der Waals surface area contributed by atoms with Crippen LogP contribution in [0, 0.1) is 10.3 Å². The number of hydrogen-bond acceptors (Lipinski definition) is 12. The molecule has 3 fully saturated rings. The monoisotopic (exact) mass is 948 g/mol. The molecule has 1 aliphatic carbocycles. The number of aromatic nitrogens is 4. The van der Waals surface area contributed by atoms with Crippen molar-refractivity contribution in [2.45, 2.75) is 50.2 Å². The van der Waals surface area contributed by atoms with Crippen molar-refractivity contribution in [3.63, 3.8) is 0 Å². The van der Waals surface area contributed by atoms with Crippen molar-refractivity contribution >= 4 is 66.5 Å². The van der Waals surface area contributed by atoms with Crippen molar-refractivity contribution in [2.24, 2.45) is 5.41 Å². The molecule has 3 aromatic carbocycles. The summed E-state index contributed by atoms with van der Waals surface area (Å²) in [5.74, 6) is -0.649. The van der Waals surface area contributed by atoms with Crippen LogP contribution in [-0.4, -0.2) is 140 Å². The number of anilines is 1. The molecule has 0 radical (unpaired) electrons. The van der Waals surface area contributed by atoms with Gasteiger partial charge in [0.2, 0.25) is 0 Å². The van der Waals surface area contributed by atoms with Crippen LogP contribution in [0.4, 0.5) is 11.4 Å². The number of ether oxygens (including phenoxy) is 3. The number of rotatable bonds is 13. The number of nitrogens with zero attached hydrogens (tertiary/aromatic N) is 7. The second-order valence-corrected chi connectivity index (χ2v) is 20.9. The van der Waals surface area contributed by atoms with E-state index in [1.54, 1.807) is 23.1 Å². The number of nitrogens with one attached hydrogen (secondary N) is 2. The van der Waals surface area contributed by atoms with E-state index in [2.05, 4.69) is 55.5 Å². The molecule has 1 atom stereocenters. The number of halogens is 1. The van der Waals surface area contributed by atoms with E-state index in [0.717, 1.165) is 74.6 Å². The highest BCUT2D eigenvalue weighted by molar-refractivity contribution is 7.90. The van der Waals surface area contributed by atoms with E-state index < -0.39 is 15.9 Å². The Hall–Kier alpha value is -5.69. The Balaban J connectivity index is 0.889. The van der Waals surface area contributed by atoms with Gasteiger partial charge in [0.1, 0.15) is 18.2 Å². The Labute approximate surface area is 394 Å². The van der Waals surface area contributed by atoms with Crippen LogP contribution in [0.15, 0.2) is 95.7 Å². The zero-order valence-corrected chi connectivity index (χ0v) is 39.5. The molecule has 0 spiro atoms. The summed E-state index contributed by atoms with van der Waals surface area (Å²) in [6, 6.07) is 21.8. The molecular formula is C49H55ClN9O7S+. The van der Waals surface area contributed by atoms with Gasteiger partial charge < -0.3 is 19.1 Å². The Morgan fingerprint density at radius 1 is 1.01 bits per heavy atom. The molecule has 1 amide bonds. The Kier molecular flexibility index (Phi) is 12.4. The zero-order chi connectivity index (χ0) is 46.5. The van der Waals surface area contributed by atoms with E-state index in [0.29, 0.717) is 59.5 Å². The molecule has 2 N–H and O–H groups in total. The van der Waals surface area contributed by atoms with E-state index in [9.17, 15) is 18.1 Å². The standard InChI is InChI=1S/C49H54ClN9O7S/c1-49(2)14-12-34(41(25-49)32-4-6-35(50)7-5-32)27-56-16-18-57(19-17-56)36-8-10-40(43(23-36)59-44-22-33-13-15-51-47(33)53-42(44)26-52-59)48(60)54-67(62,63)39-9-11-46(45(24-39)55(3)61)66-31-38-28-58(20-21-65-38)37-29-64-30-37/h4-11,13,15,22-24,26,37-38H,12,14,16-21,25,27-31H2,1-3H3,(H-,51,52,53,54,60)/p+1/t38-/m0/s1. The number of fused-ring (bicyclic) bond motifs is 2. The number of amides is 1. The van der Waals surface area contributed by atoms with Gasteiger partial charge in [0.25, 0.3) is 21.6 Å². The van der Waals surface area contributed by atoms with Crippen molar-refractivity contribution in [3.8, 4) is 11.4 Å². The van der Waals surface area contributed by atoms with Crippen molar-refractivity contribution < 1.29 is 32.2 Å². The first-order chi connectivity index (χ1) is 32.3. The van der Waals surface area contributed by atoms with E-state index in [1.165, 1.54) is 42.0 Å². The van der Waals surface area contributed by atoms with E-state index in [1.807, 2.05) is 36.4 Å². The third-order valence-electron chi connectivity index (χ3n) is 13.6. The van der Waals surface area contributed by atoms with Crippen LogP contribution >= 0.6 is 11.6 Å². The van der Waals surface area contributed by atoms with Gasteiger partial charge in [-0.25, -0.2) is 23.1 Å². The number of hydrogen-bond donors (Lipinski definition) is 2. The number of allylic oxidation sites excluding steroid dienone is 1. The highest BCUT2D eigenvalue weighted by Gasteiger charge is 2.33. The zero-order valence-electron chi connectivity index (χ0n) is 37.9. The van der Waals surface area contributed by atoms with Crippen molar-refractivity contribution in [2.75, 3.05) is 84.2 Å². The lowest BCUT2D eigenvalue weighted by Gasteiger charge is -2.41. The molecule has 0 unspecified atom stereocenters. The largest absolute Gasteiger partial charge is 0.484 e. The molecule has 0 bridgehead atoms. The average Bonchev–Trinajstić information content (AvgIpc) is 3.94. The van der Waals surface area contributed by atoms with Gasteiger partial charge in [0.15, 0.2) is 18.4 Å². The van der Waals surface area contributed by atoms with Crippen molar-refractivity contribution in [1.29, 1.82) is 0 Å². The minimum atomic E-state index is -4.49. The molecule has 18 heteroatoms. The summed E-state index contributed by atoms with van der Waals surface area (Å²) in [7, 11) is -3.22. The quantitative estimate of drug-likeness (QED) is 0.114. The van der Waals surface area contributed by atoms with Crippen LogP contribution in [0.25, 0.3) is 33.3 Å². The van der Waals surface area contributed by atoms with Gasteiger partial charge in [-0.1, -0.05) is 43.2 Å². The van der Waals surface area contributed by atoms with Crippen molar-refractivity contribution in [1.82, 2.24) is 34.3 Å². The van der Waals surface area contributed by atoms with Crippen LogP contribution in [0.5, 0.6) is 5.75 Å². The molecule has 3 aromatic heterocycles. The molecule has 10 rings (SSSR count). The predicted octanol–water partition coefficient (Wildman–Crippen LogP) is 6.98. The minimum Gasteiger partial charge on any atom is -0.484 e. The summed E-state index contributed by atoms with van der Waals surface area (Å²) < 4.78 is 49.9. The molecule has 3 saturated heterocycles. The van der Waals surface area contributed by atoms with Gasteiger partial charge in [0.05, 0.1) is 47.5 Å². The molecular weight excluding hydrogens is 894 g/mol. The Bertz CT molecular complexity index is 2990. The van der Waals surface area contributed by atoms with Crippen molar-refractivity contribution in [3.05, 3.63) is 112 Å². The number of carbonyl (C=O) groups excluding carboxylic acids is 1. The van der Waals surface area contributed by atoms with Crippen LogP contribution in [0.3, 0.4) is 0 Å². The second kappa shape index (κ2) is 18.4. The summed E-state index contributed by atoms with van der Waals surface area (Å²) in [6.45, 7) is 12.3. The van der Waals surface area contributed by atoms with Crippen LogP contribution in [0.2, 0.25) is 5.02 Å². The summed E-state index contributed by atoms with van der Waals surface area (Å²) in [5.41, 5.74) is 7.70.